The van der Waals surface area contributed by atoms with Gasteiger partial charge in [0.05, 0.1) is 11.0 Å². The molecule has 66 valence electrons. The Labute approximate surface area is 80.6 Å². The van der Waals surface area contributed by atoms with Crippen LogP contribution in [0, 0.1) is 0 Å². The molecule has 0 saturated heterocycles. The maximum atomic E-state index is 11.5. The zero-order valence-corrected chi connectivity index (χ0v) is 7.40. The Kier molecular flexibility index (Phi) is 1.34. The second kappa shape index (κ2) is 2.51. The van der Waals surface area contributed by atoms with Crippen molar-refractivity contribution in [3.8, 4) is 0 Å². The summed E-state index contributed by atoms with van der Waals surface area (Å²) in [5.74, 6) is 0.0399. The number of carbonyl (C=O) groups is 1. The summed E-state index contributed by atoms with van der Waals surface area (Å²) >= 11 is 0. The molecule has 0 fully saturated rings. The summed E-state index contributed by atoms with van der Waals surface area (Å²) < 4.78 is 0. The molecular formula is C12H7NO. The molecule has 0 spiro atoms. The molecule has 0 radical (unpaired) electrons. The Morgan fingerprint density at radius 1 is 1.07 bits per heavy atom. The van der Waals surface area contributed by atoms with Gasteiger partial charge in [-0.05, 0) is 24.3 Å². The van der Waals surface area contributed by atoms with E-state index in [-0.39, 0.29) is 5.78 Å². The first-order valence-corrected chi connectivity index (χ1v) is 4.47. The van der Waals surface area contributed by atoms with Crippen molar-refractivity contribution in [1.29, 1.82) is 0 Å². The quantitative estimate of drug-likeness (QED) is 0.580. The molecule has 1 heterocycles. The van der Waals surface area contributed by atoms with Gasteiger partial charge >= 0.3 is 0 Å². The van der Waals surface area contributed by atoms with Crippen LogP contribution < -0.4 is 10.6 Å². The fraction of sp³-hybridized carbons (Fsp3) is 0. The molecule has 1 aromatic rings. The molecule has 2 aliphatic rings. The summed E-state index contributed by atoms with van der Waals surface area (Å²) in [7, 11) is 0. The summed E-state index contributed by atoms with van der Waals surface area (Å²) in [5, 5.41) is 1.80. The number of fused-ring (bicyclic) bond motifs is 2. The zero-order chi connectivity index (χ0) is 9.54. The summed E-state index contributed by atoms with van der Waals surface area (Å²) in [5.41, 5.74) is 1.65. The van der Waals surface area contributed by atoms with E-state index in [0.717, 1.165) is 16.3 Å². The second-order valence-corrected chi connectivity index (χ2v) is 3.31. The van der Waals surface area contributed by atoms with Crippen molar-refractivity contribution < 1.29 is 4.79 Å². The second-order valence-electron chi connectivity index (χ2n) is 3.31. The normalized spacial score (nSPS) is 15.9. The lowest BCUT2D eigenvalue weighted by atomic mass is 10.1. The summed E-state index contributed by atoms with van der Waals surface area (Å²) in [6, 6.07) is 1.90. The van der Waals surface area contributed by atoms with E-state index in [1.807, 2.05) is 30.4 Å². The van der Waals surface area contributed by atoms with Gasteiger partial charge in [-0.15, -0.1) is 0 Å². The van der Waals surface area contributed by atoms with Gasteiger partial charge in [-0.1, -0.05) is 18.2 Å². The molecule has 0 aliphatic heterocycles. The minimum absolute atomic E-state index is 0.0399. The van der Waals surface area contributed by atoms with Gasteiger partial charge in [-0.25, -0.2) is 4.98 Å². The van der Waals surface area contributed by atoms with Crippen LogP contribution in [-0.4, -0.2) is 10.8 Å². The van der Waals surface area contributed by atoms with E-state index in [9.17, 15) is 4.79 Å². The maximum absolute atomic E-state index is 11.5. The van der Waals surface area contributed by atoms with E-state index < -0.39 is 0 Å². The van der Waals surface area contributed by atoms with Crippen LogP contribution in [0.3, 0.4) is 0 Å². The third-order valence-electron chi connectivity index (χ3n) is 2.41. The average molecular weight is 181 g/mol. The predicted molar refractivity (Wildman–Crippen MR) is 54.9 cm³/mol. The number of aromatic nitrogens is 1. The summed E-state index contributed by atoms with van der Waals surface area (Å²) in [6.07, 6.45) is 11.0. The van der Waals surface area contributed by atoms with Crippen molar-refractivity contribution in [3.05, 3.63) is 46.1 Å². The van der Waals surface area contributed by atoms with Crippen LogP contribution in [0.2, 0.25) is 0 Å². The van der Waals surface area contributed by atoms with Crippen molar-refractivity contribution in [3.63, 3.8) is 0 Å². The highest BCUT2D eigenvalue weighted by atomic mass is 16.1. The lowest BCUT2D eigenvalue weighted by Crippen LogP contribution is -2.25. The molecule has 2 aliphatic carbocycles. The van der Waals surface area contributed by atoms with E-state index >= 15 is 0 Å². The number of ketones is 1. The van der Waals surface area contributed by atoms with Crippen molar-refractivity contribution >= 4 is 24.0 Å². The van der Waals surface area contributed by atoms with Gasteiger partial charge < -0.3 is 0 Å². The fourth-order valence-corrected chi connectivity index (χ4v) is 1.71. The highest BCUT2D eigenvalue weighted by molar-refractivity contribution is 6.06. The molecule has 0 unspecified atom stereocenters. The first-order chi connectivity index (χ1) is 6.84. The molecular weight excluding hydrogens is 174 g/mol. The lowest BCUT2D eigenvalue weighted by Gasteiger charge is -2.02. The molecule has 0 saturated carbocycles. The van der Waals surface area contributed by atoms with Gasteiger partial charge in [0, 0.05) is 10.8 Å². The van der Waals surface area contributed by atoms with E-state index in [0.29, 0.717) is 5.56 Å². The van der Waals surface area contributed by atoms with E-state index in [4.69, 9.17) is 0 Å². The third-order valence-corrected chi connectivity index (χ3v) is 2.41. The van der Waals surface area contributed by atoms with Crippen molar-refractivity contribution in [2.75, 3.05) is 0 Å². The smallest absolute Gasteiger partial charge is 0.188 e. The number of pyridine rings is 1. The van der Waals surface area contributed by atoms with Crippen LogP contribution in [0.25, 0.3) is 18.2 Å². The molecule has 0 aromatic carbocycles. The van der Waals surface area contributed by atoms with E-state index in [1.165, 1.54) is 0 Å². The Morgan fingerprint density at radius 3 is 2.86 bits per heavy atom. The van der Waals surface area contributed by atoms with Gasteiger partial charge in [0.1, 0.15) is 0 Å². The number of hydrogen-bond donors (Lipinski definition) is 0. The van der Waals surface area contributed by atoms with Crippen LogP contribution in [-0.2, 0) is 0 Å². The van der Waals surface area contributed by atoms with Crippen LogP contribution in [0.5, 0.6) is 0 Å². The predicted octanol–water partition coefficient (Wildman–Crippen LogP) is 0.422. The molecule has 3 rings (SSSR count). The molecule has 0 N–H and O–H groups in total. The van der Waals surface area contributed by atoms with Crippen molar-refractivity contribution in [2.45, 2.75) is 0 Å². The summed E-state index contributed by atoms with van der Waals surface area (Å²) in [4.78, 5) is 15.9. The molecule has 2 heteroatoms. The van der Waals surface area contributed by atoms with E-state index in [2.05, 4.69) is 4.98 Å². The monoisotopic (exact) mass is 181 g/mol. The Morgan fingerprint density at radius 2 is 1.93 bits per heavy atom. The third kappa shape index (κ3) is 0.909. The maximum Gasteiger partial charge on any atom is 0.188 e. The average Bonchev–Trinajstić information content (AvgIpc) is 2.62. The van der Waals surface area contributed by atoms with Gasteiger partial charge in [0.25, 0.3) is 0 Å². The van der Waals surface area contributed by atoms with Crippen molar-refractivity contribution in [1.82, 2.24) is 4.98 Å². The van der Waals surface area contributed by atoms with Gasteiger partial charge in [0.15, 0.2) is 5.78 Å². The van der Waals surface area contributed by atoms with E-state index in [1.54, 1.807) is 12.2 Å². The Bertz CT molecular complexity index is 606. The Hall–Kier alpha value is -1.96. The minimum atomic E-state index is 0.0399. The molecule has 1 aromatic heterocycles. The minimum Gasteiger partial charge on any atom is -0.289 e. The molecule has 14 heavy (non-hydrogen) atoms. The molecule has 0 amide bonds. The standard InChI is InChI=1S/C12H7NO/c14-12-6-2-5-11-9(12)7-8-3-1-4-10(8)13-11/h1-7H. The van der Waals surface area contributed by atoms with Crippen LogP contribution in [0.15, 0.2) is 24.3 Å². The number of nitrogens with zero attached hydrogens (tertiary/aromatic N) is 1. The Balaban J connectivity index is 2.45. The highest BCUT2D eigenvalue weighted by Gasteiger charge is 2.10. The molecule has 0 atom stereocenters. The number of rotatable bonds is 0. The van der Waals surface area contributed by atoms with Gasteiger partial charge in [0.2, 0.25) is 0 Å². The topological polar surface area (TPSA) is 30.0 Å². The van der Waals surface area contributed by atoms with Crippen LogP contribution in [0.1, 0.15) is 16.1 Å². The number of carbonyl (C=O) groups excluding carboxylic acids is 1. The first-order valence-electron chi connectivity index (χ1n) is 4.47. The lowest BCUT2D eigenvalue weighted by molar-refractivity contribution is 0.104. The largest absolute Gasteiger partial charge is 0.289 e. The van der Waals surface area contributed by atoms with Gasteiger partial charge in [-0.3, -0.25) is 4.79 Å². The summed E-state index contributed by atoms with van der Waals surface area (Å²) in [6.45, 7) is 0. The van der Waals surface area contributed by atoms with Crippen molar-refractivity contribution in [2.24, 2.45) is 0 Å². The molecule has 2 nitrogen and oxygen atoms in total. The molecule has 0 bridgehead atoms. The first kappa shape index (κ1) is 7.44. The SMILES string of the molecule is O=C1C=CC=c2nc3c(cc21)=CC=C3. The fourth-order valence-electron chi connectivity index (χ4n) is 1.71. The van der Waals surface area contributed by atoms with Gasteiger partial charge in [-0.2, -0.15) is 0 Å². The highest BCUT2D eigenvalue weighted by Crippen LogP contribution is 2.02. The number of allylic oxidation sites excluding steroid dienone is 3. The zero-order valence-electron chi connectivity index (χ0n) is 7.40. The van der Waals surface area contributed by atoms with Crippen LogP contribution in [0.4, 0.5) is 0 Å². The number of hydrogen-bond acceptors (Lipinski definition) is 2. The van der Waals surface area contributed by atoms with Crippen LogP contribution >= 0.6 is 0 Å².